The summed E-state index contributed by atoms with van der Waals surface area (Å²) >= 11 is 0. The third-order valence-corrected chi connectivity index (χ3v) is 2.82. The van der Waals surface area contributed by atoms with Crippen LogP contribution < -0.4 is 0 Å². The van der Waals surface area contributed by atoms with Crippen molar-refractivity contribution in [2.24, 2.45) is 0 Å². The smallest absolute Gasteiger partial charge is 0.195 e. The van der Waals surface area contributed by atoms with Crippen molar-refractivity contribution in [2.75, 3.05) is 0 Å². The topological polar surface area (TPSA) is 37.3 Å². The molecule has 18 heavy (non-hydrogen) atoms. The molecule has 1 atom stereocenters. The van der Waals surface area contributed by atoms with Gasteiger partial charge in [-0.05, 0) is 24.1 Å². The summed E-state index contributed by atoms with van der Waals surface area (Å²) in [6.07, 6.45) is -1.26. The molecular formula is C15H13FO2. The Kier molecular flexibility index (Phi) is 3.53. The van der Waals surface area contributed by atoms with E-state index in [0.717, 1.165) is 6.07 Å². The van der Waals surface area contributed by atoms with Gasteiger partial charge in [-0.2, -0.15) is 0 Å². The van der Waals surface area contributed by atoms with Crippen molar-refractivity contribution in [1.82, 2.24) is 0 Å². The largest absolute Gasteiger partial charge is 0.380 e. The first-order chi connectivity index (χ1) is 8.59. The van der Waals surface area contributed by atoms with E-state index in [4.69, 9.17) is 0 Å². The van der Waals surface area contributed by atoms with Crippen molar-refractivity contribution < 1.29 is 14.3 Å². The maximum atomic E-state index is 13.4. The predicted octanol–water partition coefficient (Wildman–Crippen LogP) is 3.05. The third-order valence-electron chi connectivity index (χ3n) is 2.82. The molecule has 0 saturated carbocycles. The highest BCUT2D eigenvalue weighted by Gasteiger charge is 2.19. The number of Topliss-reactive ketones (excluding diaryl/α,β-unsaturated/α-hetero) is 1. The van der Waals surface area contributed by atoms with Gasteiger partial charge in [-0.1, -0.05) is 42.5 Å². The Morgan fingerprint density at radius 1 is 1.17 bits per heavy atom. The Hall–Kier alpha value is -2.00. The van der Waals surface area contributed by atoms with Gasteiger partial charge in [0, 0.05) is 5.56 Å². The lowest BCUT2D eigenvalue weighted by molar-refractivity contribution is 0.0747. The van der Waals surface area contributed by atoms with E-state index >= 15 is 0 Å². The number of hydrogen-bond acceptors (Lipinski definition) is 2. The molecule has 0 aliphatic rings. The van der Waals surface area contributed by atoms with E-state index in [1.807, 2.05) is 0 Å². The molecule has 2 aromatic carbocycles. The van der Waals surface area contributed by atoms with Crippen LogP contribution in [0.4, 0.5) is 4.39 Å². The summed E-state index contributed by atoms with van der Waals surface area (Å²) in [7, 11) is 0. The summed E-state index contributed by atoms with van der Waals surface area (Å²) in [5.41, 5.74) is 1.15. The van der Waals surface area contributed by atoms with Crippen molar-refractivity contribution in [2.45, 2.75) is 13.0 Å². The fraction of sp³-hybridized carbons (Fsp3) is 0.133. The van der Waals surface area contributed by atoms with Crippen LogP contribution in [0.25, 0.3) is 0 Å². The molecule has 0 aliphatic carbocycles. The molecule has 0 aliphatic heterocycles. The minimum absolute atomic E-state index is 0.175. The molecule has 1 N–H and O–H groups in total. The number of halogens is 1. The Morgan fingerprint density at radius 2 is 1.83 bits per heavy atom. The van der Waals surface area contributed by atoms with Crippen LogP contribution in [-0.2, 0) is 0 Å². The number of aliphatic hydroxyl groups excluding tert-OH is 1. The molecule has 0 amide bonds. The fourth-order valence-electron chi connectivity index (χ4n) is 1.69. The second kappa shape index (κ2) is 5.10. The minimum Gasteiger partial charge on any atom is -0.380 e. The normalized spacial score (nSPS) is 12.2. The maximum absolute atomic E-state index is 13.4. The van der Waals surface area contributed by atoms with Gasteiger partial charge in [-0.15, -0.1) is 0 Å². The number of aliphatic hydroxyl groups is 1. The Morgan fingerprint density at radius 3 is 2.44 bits per heavy atom. The highest BCUT2D eigenvalue weighted by molar-refractivity contribution is 5.99. The number of carbonyl (C=O) groups is 1. The summed E-state index contributed by atoms with van der Waals surface area (Å²) in [6.45, 7) is 1.62. The zero-order valence-corrected chi connectivity index (χ0v) is 9.93. The maximum Gasteiger partial charge on any atom is 0.195 e. The van der Waals surface area contributed by atoms with Crippen LogP contribution in [0.1, 0.15) is 27.6 Å². The summed E-state index contributed by atoms with van der Waals surface area (Å²) in [6, 6.07) is 12.8. The van der Waals surface area contributed by atoms with Gasteiger partial charge < -0.3 is 5.11 Å². The minimum atomic E-state index is -1.26. The van der Waals surface area contributed by atoms with E-state index in [9.17, 15) is 14.3 Å². The average molecular weight is 244 g/mol. The summed E-state index contributed by atoms with van der Waals surface area (Å²) in [5.74, 6) is -0.943. The molecule has 0 radical (unpaired) electrons. The fourth-order valence-corrected chi connectivity index (χ4v) is 1.69. The van der Waals surface area contributed by atoms with E-state index in [2.05, 4.69) is 0 Å². The monoisotopic (exact) mass is 244 g/mol. The van der Waals surface area contributed by atoms with Crippen molar-refractivity contribution >= 4 is 5.78 Å². The lowest BCUT2D eigenvalue weighted by atomic mass is 9.99. The first-order valence-corrected chi connectivity index (χ1v) is 5.63. The van der Waals surface area contributed by atoms with Crippen LogP contribution >= 0.6 is 0 Å². The molecule has 1 unspecified atom stereocenters. The number of rotatable bonds is 3. The van der Waals surface area contributed by atoms with Crippen LogP contribution in [0.5, 0.6) is 0 Å². The van der Waals surface area contributed by atoms with Gasteiger partial charge in [0.05, 0.1) is 0 Å². The highest BCUT2D eigenvalue weighted by Crippen LogP contribution is 2.19. The molecule has 0 aromatic heterocycles. The van der Waals surface area contributed by atoms with Gasteiger partial charge in [0.25, 0.3) is 0 Å². The van der Waals surface area contributed by atoms with Gasteiger partial charge in [-0.3, -0.25) is 4.79 Å². The SMILES string of the molecule is Cc1ccc(C(=O)C(O)c2ccccc2)cc1F. The molecule has 0 fully saturated rings. The quantitative estimate of drug-likeness (QED) is 0.842. The van der Waals surface area contributed by atoms with Crippen molar-refractivity contribution in [3.8, 4) is 0 Å². The van der Waals surface area contributed by atoms with Crippen LogP contribution in [-0.4, -0.2) is 10.9 Å². The molecule has 2 rings (SSSR count). The first kappa shape index (κ1) is 12.5. The molecule has 0 heterocycles. The number of ketones is 1. The number of aryl methyl sites for hydroxylation is 1. The molecule has 2 aromatic rings. The standard InChI is InChI=1S/C15H13FO2/c1-10-7-8-12(9-13(10)16)15(18)14(17)11-5-3-2-4-6-11/h2-9,14,17H,1H3. The molecule has 92 valence electrons. The predicted molar refractivity (Wildman–Crippen MR) is 66.9 cm³/mol. The Labute approximate surface area is 105 Å². The summed E-state index contributed by atoms with van der Waals surface area (Å²) in [4.78, 5) is 12.0. The number of benzene rings is 2. The van der Waals surface area contributed by atoms with E-state index in [1.165, 1.54) is 12.1 Å². The molecular weight excluding hydrogens is 231 g/mol. The van der Waals surface area contributed by atoms with Crippen molar-refractivity contribution in [3.05, 3.63) is 71.0 Å². The van der Waals surface area contributed by atoms with E-state index in [-0.39, 0.29) is 5.56 Å². The molecule has 0 spiro atoms. The van der Waals surface area contributed by atoms with E-state index in [1.54, 1.807) is 37.3 Å². The first-order valence-electron chi connectivity index (χ1n) is 5.63. The van der Waals surface area contributed by atoms with Gasteiger partial charge in [0.1, 0.15) is 11.9 Å². The summed E-state index contributed by atoms with van der Waals surface area (Å²) in [5, 5.41) is 9.93. The Balaban J connectivity index is 2.29. The zero-order valence-electron chi connectivity index (χ0n) is 9.93. The lowest BCUT2D eigenvalue weighted by Crippen LogP contribution is -2.12. The van der Waals surface area contributed by atoms with Gasteiger partial charge in [0.2, 0.25) is 0 Å². The second-order valence-electron chi connectivity index (χ2n) is 4.14. The molecule has 3 heteroatoms. The number of carbonyl (C=O) groups excluding carboxylic acids is 1. The van der Waals surface area contributed by atoms with Crippen molar-refractivity contribution in [3.63, 3.8) is 0 Å². The second-order valence-corrected chi connectivity index (χ2v) is 4.14. The van der Waals surface area contributed by atoms with E-state index in [0.29, 0.717) is 11.1 Å². The Bertz CT molecular complexity index is 564. The molecule has 0 saturated heterocycles. The van der Waals surface area contributed by atoms with Crippen LogP contribution in [0.2, 0.25) is 0 Å². The molecule has 2 nitrogen and oxygen atoms in total. The molecule has 0 bridgehead atoms. The zero-order chi connectivity index (χ0) is 13.1. The van der Waals surface area contributed by atoms with E-state index < -0.39 is 17.7 Å². The summed E-state index contributed by atoms with van der Waals surface area (Å²) < 4.78 is 13.4. The van der Waals surface area contributed by atoms with Crippen molar-refractivity contribution in [1.29, 1.82) is 0 Å². The third kappa shape index (κ3) is 2.46. The highest BCUT2D eigenvalue weighted by atomic mass is 19.1. The van der Waals surface area contributed by atoms with Gasteiger partial charge in [0.15, 0.2) is 5.78 Å². The van der Waals surface area contributed by atoms with Gasteiger partial charge in [-0.25, -0.2) is 4.39 Å². The van der Waals surface area contributed by atoms with Crippen LogP contribution in [0, 0.1) is 12.7 Å². The van der Waals surface area contributed by atoms with Crippen LogP contribution in [0.3, 0.4) is 0 Å². The van der Waals surface area contributed by atoms with Gasteiger partial charge >= 0.3 is 0 Å². The lowest BCUT2D eigenvalue weighted by Gasteiger charge is -2.10. The van der Waals surface area contributed by atoms with Crippen LogP contribution in [0.15, 0.2) is 48.5 Å². The number of hydrogen-bond donors (Lipinski definition) is 1. The average Bonchev–Trinajstić information content (AvgIpc) is 2.41.